The van der Waals surface area contributed by atoms with Crippen LogP contribution < -0.4 is 9.47 Å². The molecule has 0 aliphatic heterocycles. The summed E-state index contributed by atoms with van der Waals surface area (Å²) in [6, 6.07) is 13.4. The van der Waals surface area contributed by atoms with Gasteiger partial charge in [0.1, 0.15) is 22.7 Å². The Morgan fingerprint density at radius 2 is 1.84 bits per heavy atom. The lowest BCUT2D eigenvalue weighted by Crippen LogP contribution is -2.00. The molecule has 0 radical (unpaired) electrons. The van der Waals surface area contributed by atoms with E-state index in [1.807, 2.05) is 42.5 Å². The number of methoxy groups -OCH3 is 2. The molecule has 3 aromatic rings. The summed E-state index contributed by atoms with van der Waals surface area (Å²) < 4.78 is 12.3. The molecule has 0 bridgehead atoms. The van der Waals surface area contributed by atoms with Crippen molar-refractivity contribution in [3.63, 3.8) is 0 Å². The Hall–Kier alpha value is -2.56. The summed E-state index contributed by atoms with van der Waals surface area (Å²) in [5, 5.41) is 8.31. The van der Waals surface area contributed by atoms with Crippen LogP contribution in [0.5, 0.6) is 11.5 Å². The van der Waals surface area contributed by atoms with Gasteiger partial charge in [0.05, 0.1) is 19.7 Å². The molecule has 0 unspecified atom stereocenters. The first kappa shape index (κ1) is 11.5. The molecule has 0 saturated heterocycles. The molecule has 0 aliphatic rings. The van der Waals surface area contributed by atoms with Crippen LogP contribution in [0.2, 0.25) is 0 Å². The normalized spacial score (nSPS) is 10.6. The summed E-state index contributed by atoms with van der Waals surface area (Å²) in [5.74, 6) is 1.43. The van der Waals surface area contributed by atoms with Crippen LogP contribution in [0.15, 0.2) is 42.5 Å². The number of ether oxygens (including phenoxy) is 2. The molecule has 1 aromatic heterocycles. The first-order chi connectivity index (χ1) is 9.33. The SMILES string of the molecule is COc1ccc(-n2nnc3ccccc32)c(OC)c1. The van der Waals surface area contributed by atoms with Crippen LogP contribution in [0.25, 0.3) is 16.7 Å². The fourth-order valence-corrected chi connectivity index (χ4v) is 2.01. The molecule has 3 rings (SSSR count). The van der Waals surface area contributed by atoms with E-state index in [1.165, 1.54) is 0 Å². The van der Waals surface area contributed by atoms with Crippen molar-refractivity contribution >= 4 is 11.0 Å². The zero-order valence-electron chi connectivity index (χ0n) is 10.7. The van der Waals surface area contributed by atoms with Gasteiger partial charge in [0.2, 0.25) is 0 Å². The van der Waals surface area contributed by atoms with Crippen molar-refractivity contribution in [3.8, 4) is 17.2 Å². The molecule has 0 saturated carbocycles. The lowest BCUT2D eigenvalue weighted by Gasteiger charge is -2.10. The Kier molecular flexibility index (Phi) is 2.79. The third kappa shape index (κ3) is 1.89. The lowest BCUT2D eigenvalue weighted by molar-refractivity contribution is 0.392. The van der Waals surface area contributed by atoms with Crippen molar-refractivity contribution in [2.24, 2.45) is 0 Å². The molecule has 2 aromatic carbocycles. The third-order valence-electron chi connectivity index (χ3n) is 2.97. The quantitative estimate of drug-likeness (QED) is 0.721. The van der Waals surface area contributed by atoms with Crippen molar-refractivity contribution in [2.75, 3.05) is 14.2 Å². The van der Waals surface area contributed by atoms with Crippen LogP contribution in [-0.2, 0) is 0 Å². The Labute approximate surface area is 110 Å². The Morgan fingerprint density at radius 1 is 1.00 bits per heavy atom. The second-order valence-electron chi connectivity index (χ2n) is 4.03. The van der Waals surface area contributed by atoms with E-state index >= 15 is 0 Å². The number of aromatic nitrogens is 3. The number of fused-ring (bicyclic) bond motifs is 1. The number of para-hydroxylation sites is 1. The van der Waals surface area contributed by atoms with E-state index < -0.39 is 0 Å². The molecule has 0 aliphatic carbocycles. The van der Waals surface area contributed by atoms with Gasteiger partial charge >= 0.3 is 0 Å². The van der Waals surface area contributed by atoms with Crippen molar-refractivity contribution in [3.05, 3.63) is 42.5 Å². The molecule has 0 N–H and O–H groups in total. The summed E-state index contributed by atoms with van der Waals surface area (Å²) in [7, 11) is 3.25. The lowest BCUT2D eigenvalue weighted by atomic mass is 10.2. The Bertz CT molecular complexity index is 722. The maximum Gasteiger partial charge on any atom is 0.148 e. The van der Waals surface area contributed by atoms with Crippen molar-refractivity contribution in [1.29, 1.82) is 0 Å². The fraction of sp³-hybridized carbons (Fsp3) is 0.143. The van der Waals surface area contributed by atoms with Gasteiger partial charge < -0.3 is 9.47 Å². The molecule has 0 amide bonds. The zero-order chi connectivity index (χ0) is 13.2. The molecule has 0 spiro atoms. The number of hydrogen-bond acceptors (Lipinski definition) is 4. The molecule has 19 heavy (non-hydrogen) atoms. The maximum atomic E-state index is 5.39. The van der Waals surface area contributed by atoms with Crippen LogP contribution >= 0.6 is 0 Å². The Balaban J connectivity index is 2.21. The minimum atomic E-state index is 0.690. The molecular weight excluding hydrogens is 242 g/mol. The van der Waals surface area contributed by atoms with E-state index in [9.17, 15) is 0 Å². The second kappa shape index (κ2) is 4.61. The number of nitrogens with zero attached hydrogens (tertiary/aromatic N) is 3. The van der Waals surface area contributed by atoms with E-state index in [1.54, 1.807) is 18.9 Å². The van der Waals surface area contributed by atoms with Crippen LogP contribution in [0, 0.1) is 0 Å². The van der Waals surface area contributed by atoms with E-state index in [-0.39, 0.29) is 0 Å². The second-order valence-corrected chi connectivity index (χ2v) is 4.03. The highest BCUT2D eigenvalue weighted by Gasteiger charge is 2.11. The first-order valence-electron chi connectivity index (χ1n) is 5.86. The van der Waals surface area contributed by atoms with Crippen molar-refractivity contribution in [2.45, 2.75) is 0 Å². The number of benzene rings is 2. The van der Waals surface area contributed by atoms with Gasteiger partial charge in [-0.3, -0.25) is 0 Å². The van der Waals surface area contributed by atoms with Gasteiger partial charge in [0, 0.05) is 6.07 Å². The standard InChI is InChI=1S/C14H13N3O2/c1-18-10-7-8-13(14(9-10)19-2)17-12-6-4-3-5-11(12)15-16-17/h3-9H,1-2H3. The summed E-state index contributed by atoms with van der Waals surface area (Å²) in [5.41, 5.74) is 2.61. The van der Waals surface area contributed by atoms with Gasteiger partial charge in [-0.1, -0.05) is 17.3 Å². The highest BCUT2D eigenvalue weighted by molar-refractivity contribution is 5.76. The Morgan fingerprint density at radius 3 is 2.63 bits per heavy atom. The number of hydrogen-bond donors (Lipinski definition) is 0. The summed E-state index contributed by atoms with van der Waals surface area (Å²) in [6.07, 6.45) is 0. The van der Waals surface area contributed by atoms with E-state index in [0.29, 0.717) is 5.75 Å². The zero-order valence-corrected chi connectivity index (χ0v) is 10.7. The van der Waals surface area contributed by atoms with Crippen LogP contribution in [-0.4, -0.2) is 29.2 Å². The smallest absolute Gasteiger partial charge is 0.148 e. The predicted octanol–water partition coefficient (Wildman–Crippen LogP) is 2.44. The van der Waals surface area contributed by atoms with Gasteiger partial charge in [0.25, 0.3) is 0 Å². The van der Waals surface area contributed by atoms with E-state index in [2.05, 4.69) is 10.3 Å². The van der Waals surface area contributed by atoms with Crippen molar-refractivity contribution < 1.29 is 9.47 Å². The molecule has 5 heteroatoms. The molecule has 5 nitrogen and oxygen atoms in total. The topological polar surface area (TPSA) is 49.2 Å². The largest absolute Gasteiger partial charge is 0.497 e. The first-order valence-corrected chi connectivity index (χ1v) is 5.86. The van der Waals surface area contributed by atoms with Crippen LogP contribution in [0.1, 0.15) is 0 Å². The van der Waals surface area contributed by atoms with Gasteiger partial charge in [0.15, 0.2) is 0 Å². The monoisotopic (exact) mass is 255 g/mol. The fourth-order valence-electron chi connectivity index (χ4n) is 2.01. The van der Waals surface area contributed by atoms with Crippen LogP contribution in [0.4, 0.5) is 0 Å². The molecule has 1 heterocycles. The van der Waals surface area contributed by atoms with Gasteiger partial charge in [-0.15, -0.1) is 5.10 Å². The highest BCUT2D eigenvalue weighted by Crippen LogP contribution is 2.29. The van der Waals surface area contributed by atoms with Gasteiger partial charge in [-0.05, 0) is 24.3 Å². The third-order valence-corrected chi connectivity index (χ3v) is 2.97. The van der Waals surface area contributed by atoms with Gasteiger partial charge in [-0.25, -0.2) is 4.68 Å². The van der Waals surface area contributed by atoms with Gasteiger partial charge in [-0.2, -0.15) is 0 Å². The molecule has 0 atom stereocenters. The average molecular weight is 255 g/mol. The van der Waals surface area contributed by atoms with Crippen LogP contribution in [0.3, 0.4) is 0 Å². The minimum absolute atomic E-state index is 0.690. The molecule has 96 valence electrons. The summed E-state index contributed by atoms with van der Waals surface area (Å²) in [4.78, 5) is 0. The predicted molar refractivity (Wildman–Crippen MR) is 72.0 cm³/mol. The van der Waals surface area contributed by atoms with E-state index in [4.69, 9.17) is 9.47 Å². The summed E-state index contributed by atoms with van der Waals surface area (Å²) in [6.45, 7) is 0. The highest BCUT2D eigenvalue weighted by atomic mass is 16.5. The van der Waals surface area contributed by atoms with E-state index in [0.717, 1.165) is 22.5 Å². The number of rotatable bonds is 3. The molecule has 0 fully saturated rings. The molecular formula is C14H13N3O2. The minimum Gasteiger partial charge on any atom is -0.497 e. The average Bonchev–Trinajstić information content (AvgIpc) is 2.90. The summed E-state index contributed by atoms with van der Waals surface area (Å²) >= 11 is 0. The van der Waals surface area contributed by atoms with Crippen molar-refractivity contribution in [1.82, 2.24) is 15.0 Å². The maximum absolute atomic E-state index is 5.39.